The lowest BCUT2D eigenvalue weighted by atomic mass is 10.1. The van der Waals surface area contributed by atoms with Gasteiger partial charge in [0.05, 0.1) is 25.2 Å². The molecule has 5 rings (SSSR count). The molecular weight excluding hydrogens is 500 g/mol. The lowest BCUT2D eigenvalue weighted by Gasteiger charge is -2.26. The topological polar surface area (TPSA) is 103 Å². The van der Waals surface area contributed by atoms with Gasteiger partial charge >= 0.3 is 0 Å². The minimum atomic E-state index is -0.501. The molecule has 3 aliphatic rings. The molecule has 1 aromatic carbocycles. The van der Waals surface area contributed by atoms with Crippen LogP contribution in [0.3, 0.4) is 0 Å². The number of aliphatic imine (C=N–C) groups is 1. The minimum absolute atomic E-state index is 0.0534. The number of amides is 2. The molecule has 0 aliphatic carbocycles. The van der Waals surface area contributed by atoms with E-state index in [1.165, 1.54) is 5.01 Å². The van der Waals surface area contributed by atoms with Gasteiger partial charge in [0, 0.05) is 35.2 Å². The Morgan fingerprint density at radius 1 is 1.22 bits per heavy atom. The molecule has 4 heterocycles. The third-order valence-corrected chi connectivity index (χ3v) is 7.49. The second-order valence-electron chi connectivity index (χ2n) is 8.78. The number of amidine groups is 2. The highest BCUT2D eigenvalue weighted by Gasteiger charge is 2.36. The van der Waals surface area contributed by atoms with E-state index in [0.29, 0.717) is 41.5 Å². The molecule has 11 heteroatoms. The number of halogens is 1. The summed E-state index contributed by atoms with van der Waals surface area (Å²) in [6.45, 7) is 8.11. The van der Waals surface area contributed by atoms with Crippen LogP contribution in [0.25, 0.3) is 11.8 Å². The normalized spacial score (nSPS) is 19.1. The van der Waals surface area contributed by atoms with E-state index in [1.807, 2.05) is 45.0 Å². The van der Waals surface area contributed by atoms with Crippen molar-refractivity contribution in [3.63, 3.8) is 0 Å². The standard InChI is InChI=1S/C25H25ClN6O3S/c1-14-4-5-18(26)12-20(14)31-15(2)10-17(16(31)3)11-19-23(27)32-25(28-24(19)34)36-21(29-32)13-22(33)30-6-8-35-9-7-30/h4-5,10-12,27H,6-9,13H2,1-3H3/b19-11+,27-23?. The van der Waals surface area contributed by atoms with Crippen LogP contribution in [0.5, 0.6) is 0 Å². The summed E-state index contributed by atoms with van der Waals surface area (Å²) in [5, 5.41) is 15.9. The summed E-state index contributed by atoms with van der Waals surface area (Å²) in [5.41, 5.74) is 4.87. The van der Waals surface area contributed by atoms with Crippen LogP contribution in [0.4, 0.5) is 0 Å². The molecule has 2 amide bonds. The Balaban J connectivity index is 1.41. The molecule has 0 unspecified atom stereocenters. The number of hydrogen-bond acceptors (Lipinski definition) is 6. The summed E-state index contributed by atoms with van der Waals surface area (Å²) in [5.74, 6) is -0.615. The number of morpholine rings is 1. The average molecular weight is 525 g/mol. The number of thioether (sulfide) groups is 1. The zero-order valence-electron chi connectivity index (χ0n) is 20.2. The van der Waals surface area contributed by atoms with E-state index in [4.69, 9.17) is 21.7 Å². The van der Waals surface area contributed by atoms with Crippen molar-refractivity contribution in [3.05, 3.63) is 57.4 Å². The fourth-order valence-corrected chi connectivity index (χ4v) is 5.48. The first kappa shape index (κ1) is 24.5. The number of fused-ring (bicyclic) bond motifs is 1. The first-order valence-corrected chi connectivity index (χ1v) is 12.7. The predicted molar refractivity (Wildman–Crippen MR) is 142 cm³/mol. The number of hydrazone groups is 1. The summed E-state index contributed by atoms with van der Waals surface area (Å²) >= 11 is 7.40. The highest BCUT2D eigenvalue weighted by Crippen LogP contribution is 2.31. The van der Waals surface area contributed by atoms with Crippen LogP contribution in [-0.2, 0) is 14.3 Å². The van der Waals surface area contributed by atoms with E-state index in [-0.39, 0.29) is 23.7 Å². The molecule has 0 radical (unpaired) electrons. The summed E-state index contributed by atoms with van der Waals surface area (Å²) in [7, 11) is 0. The number of nitrogens with one attached hydrogen (secondary N) is 1. The monoisotopic (exact) mass is 524 g/mol. The van der Waals surface area contributed by atoms with Crippen molar-refractivity contribution >= 4 is 57.3 Å². The summed E-state index contributed by atoms with van der Waals surface area (Å²) in [6, 6.07) is 7.70. The Labute approximate surface area is 218 Å². The Kier molecular flexibility index (Phi) is 6.59. The van der Waals surface area contributed by atoms with Crippen molar-refractivity contribution in [1.29, 1.82) is 5.41 Å². The Bertz CT molecular complexity index is 1390. The van der Waals surface area contributed by atoms with Gasteiger partial charge in [-0.25, -0.2) is 0 Å². The number of aryl methyl sites for hydroxylation is 2. The van der Waals surface area contributed by atoms with Crippen LogP contribution in [0.1, 0.15) is 28.9 Å². The van der Waals surface area contributed by atoms with Crippen LogP contribution in [0.2, 0.25) is 5.02 Å². The molecule has 0 spiro atoms. The van der Waals surface area contributed by atoms with E-state index < -0.39 is 5.91 Å². The van der Waals surface area contributed by atoms with E-state index in [1.54, 1.807) is 11.0 Å². The number of hydrogen-bond donors (Lipinski definition) is 1. The first-order chi connectivity index (χ1) is 17.2. The lowest BCUT2D eigenvalue weighted by molar-refractivity contribution is -0.133. The van der Waals surface area contributed by atoms with Crippen molar-refractivity contribution in [3.8, 4) is 5.69 Å². The van der Waals surface area contributed by atoms with Crippen LogP contribution >= 0.6 is 23.4 Å². The Morgan fingerprint density at radius 3 is 2.72 bits per heavy atom. The van der Waals surface area contributed by atoms with Gasteiger partial charge < -0.3 is 14.2 Å². The van der Waals surface area contributed by atoms with E-state index >= 15 is 0 Å². The first-order valence-electron chi connectivity index (χ1n) is 11.5. The highest BCUT2D eigenvalue weighted by atomic mass is 35.5. The van der Waals surface area contributed by atoms with E-state index in [9.17, 15) is 9.59 Å². The van der Waals surface area contributed by atoms with Crippen LogP contribution in [0.15, 0.2) is 39.9 Å². The van der Waals surface area contributed by atoms with Gasteiger partial charge in [0.2, 0.25) is 11.1 Å². The van der Waals surface area contributed by atoms with Gasteiger partial charge in [0.1, 0.15) is 5.04 Å². The van der Waals surface area contributed by atoms with Gasteiger partial charge in [-0.3, -0.25) is 15.0 Å². The third kappa shape index (κ3) is 4.52. The zero-order chi connectivity index (χ0) is 25.6. The maximum Gasteiger partial charge on any atom is 0.283 e. The van der Waals surface area contributed by atoms with Crippen molar-refractivity contribution in [1.82, 2.24) is 14.5 Å². The largest absolute Gasteiger partial charge is 0.378 e. The Morgan fingerprint density at radius 2 is 1.97 bits per heavy atom. The number of carbonyl (C=O) groups excluding carboxylic acids is 2. The third-order valence-electron chi connectivity index (χ3n) is 6.34. The number of benzene rings is 1. The molecule has 9 nitrogen and oxygen atoms in total. The second kappa shape index (κ2) is 9.68. The summed E-state index contributed by atoms with van der Waals surface area (Å²) < 4.78 is 7.38. The van der Waals surface area contributed by atoms with Gasteiger partial charge in [0.15, 0.2) is 5.84 Å². The molecule has 2 aromatic rings. The molecule has 1 fully saturated rings. The molecule has 0 atom stereocenters. The highest BCUT2D eigenvalue weighted by molar-refractivity contribution is 8.27. The Hall–Kier alpha value is -3.21. The van der Waals surface area contributed by atoms with Crippen LogP contribution < -0.4 is 0 Å². The molecule has 1 N–H and O–H groups in total. The number of ether oxygens (including phenoxy) is 1. The summed E-state index contributed by atoms with van der Waals surface area (Å²) in [6.07, 6.45) is 1.78. The maximum atomic E-state index is 12.9. The van der Waals surface area contributed by atoms with Gasteiger partial charge in [-0.15, -0.1) is 0 Å². The molecule has 0 bridgehead atoms. The van der Waals surface area contributed by atoms with E-state index in [0.717, 1.165) is 40.0 Å². The lowest BCUT2D eigenvalue weighted by Crippen LogP contribution is -2.41. The average Bonchev–Trinajstić information content (AvgIpc) is 3.38. The van der Waals surface area contributed by atoms with Crippen molar-refractivity contribution in [2.24, 2.45) is 10.1 Å². The van der Waals surface area contributed by atoms with Gasteiger partial charge in [-0.1, -0.05) is 17.7 Å². The molecule has 3 aliphatic heterocycles. The van der Waals surface area contributed by atoms with Crippen LogP contribution in [0, 0.1) is 26.2 Å². The predicted octanol–water partition coefficient (Wildman–Crippen LogP) is 3.92. The SMILES string of the molecule is Cc1ccc(Cl)cc1-n1c(C)cc(/C=C2\C(=N)N3N=C(CC(=O)N4CCOCC4)SC3=NC2=O)c1C. The number of carbonyl (C=O) groups is 2. The van der Waals surface area contributed by atoms with E-state index in [2.05, 4.69) is 14.7 Å². The number of nitrogens with zero attached hydrogens (tertiary/aromatic N) is 5. The molecule has 186 valence electrons. The fraction of sp³-hybridized carbons (Fsp3) is 0.320. The molecule has 0 saturated carbocycles. The molecule has 1 aromatic heterocycles. The number of aromatic nitrogens is 1. The minimum Gasteiger partial charge on any atom is -0.378 e. The fourth-order valence-electron chi connectivity index (χ4n) is 4.44. The van der Waals surface area contributed by atoms with Gasteiger partial charge in [0.25, 0.3) is 5.91 Å². The van der Waals surface area contributed by atoms with Gasteiger partial charge in [-0.2, -0.15) is 15.1 Å². The van der Waals surface area contributed by atoms with Crippen molar-refractivity contribution < 1.29 is 14.3 Å². The zero-order valence-corrected chi connectivity index (χ0v) is 21.7. The molecular formula is C25H25ClN6O3S. The molecule has 1 saturated heterocycles. The molecule has 36 heavy (non-hydrogen) atoms. The second-order valence-corrected chi connectivity index (χ2v) is 10.3. The maximum absolute atomic E-state index is 12.9. The summed E-state index contributed by atoms with van der Waals surface area (Å²) in [4.78, 5) is 31.4. The number of rotatable bonds is 4. The smallest absolute Gasteiger partial charge is 0.283 e. The van der Waals surface area contributed by atoms with Gasteiger partial charge in [-0.05, 0) is 67.9 Å². The van der Waals surface area contributed by atoms with Crippen LogP contribution in [-0.4, -0.2) is 68.6 Å². The van der Waals surface area contributed by atoms with Crippen molar-refractivity contribution in [2.75, 3.05) is 26.3 Å². The van der Waals surface area contributed by atoms with Crippen molar-refractivity contribution in [2.45, 2.75) is 27.2 Å². The quantitative estimate of drug-likeness (QED) is 0.610.